The predicted octanol–water partition coefficient (Wildman–Crippen LogP) is 4.94. The topological polar surface area (TPSA) is 57.5 Å². The highest BCUT2D eigenvalue weighted by Crippen LogP contribution is 2.27. The van der Waals surface area contributed by atoms with Gasteiger partial charge in [-0.1, -0.05) is 35.4 Å². The lowest BCUT2D eigenvalue weighted by Crippen LogP contribution is -2.04. The molecule has 0 bridgehead atoms. The van der Waals surface area contributed by atoms with Crippen molar-refractivity contribution in [3.8, 4) is 5.75 Å². The molecule has 0 spiro atoms. The number of hydrogen-bond acceptors (Lipinski definition) is 2. The Morgan fingerprint density at radius 1 is 0.955 bits per heavy atom. The van der Waals surface area contributed by atoms with Crippen molar-refractivity contribution in [3.63, 3.8) is 0 Å². The van der Waals surface area contributed by atoms with E-state index < -0.39 is 5.97 Å². The van der Waals surface area contributed by atoms with Gasteiger partial charge >= 0.3 is 5.97 Å². The molecule has 0 aromatic heterocycles. The molecule has 0 saturated carbocycles. The van der Waals surface area contributed by atoms with Crippen molar-refractivity contribution in [1.29, 1.82) is 0 Å². The largest absolute Gasteiger partial charge is 0.508 e. The molecule has 0 saturated heterocycles. The average Bonchev–Trinajstić information content (AvgIpc) is 2.42. The highest BCUT2D eigenvalue weighted by atomic mass is 16.4. The number of carboxylic acid groups (broad SMARTS) is 1. The quantitative estimate of drug-likeness (QED) is 0.577. The molecule has 3 nitrogen and oxygen atoms in total. The van der Waals surface area contributed by atoms with Crippen LogP contribution in [0.15, 0.2) is 53.1 Å². The molecule has 0 unspecified atom stereocenters. The summed E-state index contributed by atoms with van der Waals surface area (Å²) >= 11 is 0. The molecule has 22 heavy (non-hydrogen) atoms. The monoisotopic (exact) mass is 300 g/mol. The van der Waals surface area contributed by atoms with Crippen molar-refractivity contribution in [2.75, 3.05) is 0 Å². The van der Waals surface area contributed by atoms with Gasteiger partial charge in [-0.05, 0) is 63.8 Å². The van der Waals surface area contributed by atoms with Crippen LogP contribution in [0, 0.1) is 0 Å². The molecule has 0 atom stereocenters. The number of phenols is 1. The number of aromatic hydroxyl groups is 1. The number of benzene rings is 1. The zero-order chi connectivity index (χ0) is 16.7. The Morgan fingerprint density at radius 2 is 1.45 bits per heavy atom. The lowest BCUT2D eigenvalue weighted by molar-refractivity contribution is -0.132. The van der Waals surface area contributed by atoms with E-state index in [4.69, 9.17) is 0 Å². The third-order valence-corrected chi connectivity index (χ3v) is 3.27. The highest BCUT2D eigenvalue weighted by molar-refractivity contribution is 5.97. The number of rotatable bonds is 6. The van der Waals surface area contributed by atoms with Gasteiger partial charge in [0.15, 0.2) is 0 Å². The lowest BCUT2D eigenvalue weighted by Gasteiger charge is -2.11. The lowest BCUT2D eigenvalue weighted by atomic mass is 9.93. The second kappa shape index (κ2) is 8.23. The predicted molar refractivity (Wildman–Crippen MR) is 90.8 cm³/mol. The number of carbonyl (C=O) groups is 1. The van der Waals surface area contributed by atoms with Crippen LogP contribution in [0.2, 0.25) is 0 Å². The summed E-state index contributed by atoms with van der Waals surface area (Å²) in [6.45, 7) is 7.89. The Bertz CT molecular complexity index is 609. The number of carboxylic acids is 1. The summed E-state index contributed by atoms with van der Waals surface area (Å²) < 4.78 is 0. The zero-order valence-corrected chi connectivity index (χ0v) is 13.7. The maximum absolute atomic E-state index is 11.7. The van der Waals surface area contributed by atoms with E-state index in [1.54, 1.807) is 24.3 Å². The maximum atomic E-state index is 11.7. The SMILES string of the molecule is CC(C)=CCC(C(=O)O)=C(CC=C(C)C)c1ccc(O)cc1. The van der Waals surface area contributed by atoms with Gasteiger partial charge in [0.05, 0.1) is 0 Å². The Balaban J connectivity index is 3.38. The molecule has 3 heteroatoms. The van der Waals surface area contributed by atoms with Crippen molar-refractivity contribution in [2.45, 2.75) is 40.5 Å². The molecule has 0 amide bonds. The van der Waals surface area contributed by atoms with E-state index in [0.29, 0.717) is 18.4 Å². The van der Waals surface area contributed by atoms with Crippen molar-refractivity contribution in [3.05, 3.63) is 58.7 Å². The van der Waals surface area contributed by atoms with Gasteiger partial charge in [0.2, 0.25) is 0 Å². The van der Waals surface area contributed by atoms with Crippen LogP contribution in [-0.4, -0.2) is 16.2 Å². The van der Waals surface area contributed by atoms with Crippen LogP contribution in [0.1, 0.15) is 46.1 Å². The first kappa shape index (κ1) is 17.8. The second-order valence-electron chi connectivity index (χ2n) is 5.78. The average molecular weight is 300 g/mol. The molecule has 1 aromatic rings. The van der Waals surface area contributed by atoms with Crippen molar-refractivity contribution in [2.24, 2.45) is 0 Å². The number of aliphatic carboxylic acids is 1. The van der Waals surface area contributed by atoms with Gasteiger partial charge in [0.1, 0.15) is 5.75 Å². The molecule has 0 heterocycles. The van der Waals surface area contributed by atoms with Gasteiger partial charge in [-0.3, -0.25) is 0 Å². The fraction of sp³-hybridized carbons (Fsp3) is 0.316. The summed E-state index contributed by atoms with van der Waals surface area (Å²) in [5.41, 5.74) is 4.24. The van der Waals surface area contributed by atoms with Crippen LogP contribution in [0.5, 0.6) is 5.75 Å². The fourth-order valence-corrected chi connectivity index (χ4v) is 2.03. The normalized spacial score (nSPS) is 11.5. The van der Waals surface area contributed by atoms with Crippen LogP contribution in [-0.2, 0) is 4.79 Å². The molecule has 0 fully saturated rings. The van der Waals surface area contributed by atoms with E-state index in [0.717, 1.165) is 22.3 Å². The standard InChI is InChI=1S/C19H24O3/c1-13(2)5-11-17(15-7-9-16(20)10-8-15)18(19(21)22)12-6-14(3)4/h5-10,20H,11-12H2,1-4H3,(H,21,22). The Morgan fingerprint density at radius 3 is 1.91 bits per heavy atom. The molecule has 1 aromatic carbocycles. The van der Waals surface area contributed by atoms with Gasteiger partial charge in [-0.15, -0.1) is 0 Å². The molecule has 1 rings (SSSR count). The molecule has 2 N–H and O–H groups in total. The molecular weight excluding hydrogens is 276 g/mol. The Hall–Kier alpha value is -2.29. The van der Waals surface area contributed by atoms with Gasteiger partial charge in [0.25, 0.3) is 0 Å². The van der Waals surface area contributed by atoms with E-state index >= 15 is 0 Å². The Kier molecular flexibility index (Phi) is 6.64. The minimum atomic E-state index is -0.900. The van der Waals surface area contributed by atoms with Crippen molar-refractivity contribution >= 4 is 11.5 Å². The van der Waals surface area contributed by atoms with Crippen LogP contribution in [0.25, 0.3) is 5.57 Å². The first-order valence-electron chi connectivity index (χ1n) is 7.32. The summed E-state index contributed by atoms with van der Waals surface area (Å²) in [4.78, 5) is 11.7. The van der Waals surface area contributed by atoms with Crippen LogP contribution < -0.4 is 0 Å². The number of hydrogen-bond donors (Lipinski definition) is 2. The molecular formula is C19H24O3. The first-order chi connectivity index (χ1) is 10.3. The molecule has 0 radical (unpaired) electrons. The van der Waals surface area contributed by atoms with Gasteiger partial charge in [-0.25, -0.2) is 4.79 Å². The fourth-order valence-electron chi connectivity index (χ4n) is 2.03. The molecule has 0 aliphatic rings. The highest BCUT2D eigenvalue weighted by Gasteiger charge is 2.14. The van der Waals surface area contributed by atoms with Crippen molar-refractivity contribution in [1.82, 2.24) is 0 Å². The third kappa shape index (κ3) is 5.60. The molecule has 0 aliphatic carbocycles. The first-order valence-corrected chi connectivity index (χ1v) is 7.32. The van der Waals surface area contributed by atoms with Gasteiger partial charge < -0.3 is 10.2 Å². The third-order valence-electron chi connectivity index (χ3n) is 3.27. The van der Waals surface area contributed by atoms with E-state index in [2.05, 4.69) is 0 Å². The summed E-state index contributed by atoms with van der Waals surface area (Å²) in [6, 6.07) is 6.68. The summed E-state index contributed by atoms with van der Waals surface area (Å²) in [6.07, 6.45) is 4.90. The van der Waals surface area contributed by atoms with Crippen LogP contribution >= 0.6 is 0 Å². The zero-order valence-electron chi connectivity index (χ0n) is 13.7. The minimum absolute atomic E-state index is 0.173. The second-order valence-corrected chi connectivity index (χ2v) is 5.78. The van der Waals surface area contributed by atoms with Crippen molar-refractivity contribution < 1.29 is 15.0 Å². The number of phenolic OH excluding ortho intramolecular Hbond substituents is 1. The molecule has 0 aliphatic heterocycles. The summed E-state index contributed by atoms with van der Waals surface area (Å²) in [5, 5.41) is 19.0. The van der Waals surface area contributed by atoms with E-state index in [1.807, 2.05) is 39.8 Å². The summed E-state index contributed by atoms with van der Waals surface area (Å²) in [7, 11) is 0. The number of allylic oxidation sites excluding steroid dienone is 5. The summed E-state index contributed by atoms with van der Waals surface area (Å²) in [5.74, 6) is -0.728. The maximum Gasteiger partial charge on any atom is 0.332 e. The van der Waals surface area contributed by atoms with Gasteiger partial charge in [-0.2, -0.15) is 0 Å². The van der Waals surface area contributed by atoms with Crippen LogP contribution in [0.4, 0.5) is 0 Å². The van der Waals surface area contributed by atoms with E-state index in [9.17, 15) is 15.0 Å². The smallest absolute Gasteiger partial charge is 0.332 e. The van der Waals surface area contributed by atoms with Crippen LogP contribution in [0.3, 0.4) is 0 Å². The van der Waals surface area contributed by atoms with Gasteiger partial charge in [0, 0.05) is 5.57 Å². The Labute approximate surface area is 132 Å². The molecule has 118 valence electrons. The minimum Gasteiger partial charge on any atom is -0.508 e. The van der Waals surface area contributed by atoms with E-state index in [-0.39, 0.29) is 5.75 Å². The van der Waals surface area contributed by atoms with E-state index in [1.165, 1.54) is 0 Å².